The number of amides is 1. The Morgan fingerprint density at radius 1 is 1.03 bits per heavy atom. The van der Waals surface area contributed by atoms with E-state index in [4.69, 9.17) is 0 Å². The summed E-state index contributed by atoms with van der Waals surface area (Å²) < 4.78 is 2.12. The summed E-state index contributed by atoms with van der Waals surface area (Å²) in [5.74, 6) is 0.992. The SMILES string of the molecule is Cc1ccc(-n2c(SC(C)C(=O)NC3CCCCC3)nnc2N2CCCCC2)cc1. The molecule has 2 aliphatic rings. The summed E-state index contributed by atoms with van der Waals surface area (Å²) in [6.07, 6.45) is 9.56. The van der Waals surface area contributed by atoms with Crippen LogP contribution in [0, 0.1) is 6.92 Å². The predicted molar refractivity (Wildman–Crippen MR) is 122 cm³/mol. The maximum absolute atomic E-state index is 12.8. The number of hydrogen-bond donors (Lipinski definition) is 1. The van der Waals surface area contributed by atoms with Crippen molar-refractivity contribution in [2.75, 3.05) is 18.0 Å². The fraction of sp³-hybridized carbons (Fsp3) is 0.609. The molecule has 7 heteroatoms. The lowest BCUT2D eigenvalue weighted by Gasteiger charge is -2.28. The molecule has 162 valence electrons. The normalized spacial score (nSPS) is 18.9. The molecule has 2 heterocycles. The first-order valence-electron chi connectivity index (χ1n) is 11.4. The van der Waals surface area contributed by atoms with Crippen LogP contribution in [0.25, 0.3) is 5.69 Å². The van der Waals surface area contributed by atoms with E-state index in [1.807, 2.05) is 6.92 Å². The van der Waals surface area contributed by atoms with E-state index in [1.54, 1.807) is 0 Å². The molecule has 1 amide bonds. The predicted octanol–water partition coefficient (Wildman–Crippen LogP) is 4.50. The van der Waals surface area contributed by atoms with E-state index in [0.717, 1.165) is 42.7 Å². The number of thioether (sulfide) groups is 1. The lowest BCUT2D eigenvalue weighted by atomic mass is 9.95. The summed E-state index contributed by atoms with van der Waals surface area (Å²) in [5.41, 5.74) is 2.27. The maximum atomic E-state index is 12.8. The second-order valence-corrected chi connectivity index (χ2v) is 9.91. The minimum Gasteiger partial charge on any atom is -0.352 e. The molecule has 1 aliphatic carbocycles. The van der Waals surface area contributed by atoms with Crippen LogP contribution in [0.3, 0.4) is 0 Å². The fourth-order valence-corrected chi connectivity index (χ4v) is 5.21. The number of aryl methyl sites for hydroxylation is 1. The lowest BCUT2D eigenvalue weighted by molar-refractivity contribution is -0.121. The molecule has 1 aromatic heterocycles. The van der Waals surface area contributed by atoms with Crippen molar-refractivity contribution < 1.29 is 4.79 Å². The number of aromatic nitrogens is 3. The van der Waals surface area contributed by atoms with E-state index in [0.29, 0.717) is 6.04 Å². The standard InChI is InChI=1S/C23H33N5OS/c1-17-11-13-20(14-12-17)28-22(27-15-7-4-8-16-27)25-26-23(28)30-18(2)21(29)24-19-9-5-3-6-10-19/h11-14,18-19H,3-10,15-16H2,1-2H3,(H,24,29). The van der Waals surface area contributed by atoms with E-state index in [9.17, 15) is 4.79 Å². The number of carbonyl (C=O) groups excluding carboxylic acids is 1. The highest BCUT2D eigenvalue weighted by atomic mass is 32.2. The Morgan fingerprint density at radius 2 is 1.70 bits per heavy atom. The van der Waals surface area contributed by atoms with Crippen molar-refractivity contribution in [3.8, 4) is 5.69 Å². The van der Waals surface area contributed by atoms with Crippen LogP contribution in [0.5, 0.6) is 0 Å². The van der Waals surface area contributed by atoms with Crippen LogP contribution in [0.4, 0.5) is 5.95 Å². The number of piperidine rings is 1. The van der Waals surface area contributed by atoms with Gasteiger partial charge in [0.25, 0.3) is 0 Å². The molecule has 0 radical (unpaired) electrons. The molecule has 1 saturated carbocycles. The smallest absolute Gasteiger partial charge is 0.233 e. The van der Waals surface area contributed by atoms with E-state index in [2.05, 4.69) is 56.2 Å². The Kier molecular flexibility index (Phi) is 6.97. The van der Waals surface area contributed by atoms with Crippen LogP contribution in [-0.2, 0) is 4.79 Å². The Hall–Kier alpha value is -2.02. The Balaban J connectivity index is 1.55. The van der Waals surface area contributed by atoms with Crippen molar-refractivity contribution in [2.24, 2.45) is 0 Å². The molecule has 1 saturated heterocycles. The van der Waals surface area contributed by atoms with Gasteiger partial charge < -0.3 is 10.2 Å². The lowest BCUT2D eigenvalue weighted by Crippen LogP contribution is -2.40. The third-order valence-corrected chi connectivity index (χ3v) is 7.19. The monoisotopic (exact) mass is 427 g/mol. The molecule has 2 fully saturated rings. The van der Waals surface area contributed by atoms with E-state index >= 15 is 0 Å². The first-order valence-corrected chi connectivity index (χ1v) is 12.2. The number of carbonyl (C=O) groups is 1. The van der Waals surface area contributed by atoms with E-state index in [1.165, 1.54) is 55.9 Å². The summed E-state index contributed by atoms with van der Waals surface area (Å²) in [4.78, 5) is 15.1. The molecule has 0 spiro atoms. The number of benzene rings is 1. The van der Waals surface area contributed by atoms with Crippen molar-refractivity contribution in [2.45, 2.75) is 81.7 Å². The molecule has 6 nitrogen and oxygen atoms in total. The number of rotatable bonds is 6. The molecule has 4 rings (SSSR count). The van der Waals surface area contributed by atoms with Crippen LogP contribution in [0.2, 0.25) is 0 Å². The van der Waals surface area contributed by atoms with Crippen molar-refractivity contribution in [3.63, 3.8) is 0 Å². The Bertz CT molecular complexity index is 838. The average molecular weight is 428 g/mol. The zero-order chi connectivity index (χ0) is 20.9. The van der Waals surface area contributed by atoms with Gasteiger partial charge in [-0.1, -0.05) is 48.7 Å². The molecular formula is C23H33N5OS. The van der Waals surface area contributed by atoms with Gasteiger partial charge in [0.1, 0.15) is 0 Å². The summed E-state index contributed by atoms with van der Waals surface area (Å²) in [6.45, 7) is 6.07. The zero-order valence-corrected chi connectivity index (χ0v) is 19.0. The molecule has 1 aliphatic heterocycles. The number of anilines is 1. The van der Waals surface area contributed by atoms with Gasteiger partial charge in [-0.05, 0) is 58.1 Å². The summed E-state index contributed by atoms with van der Waals surface area (Å²) >= 11 is 1.50. The highest BCUT2D eigenvalue weighted by Gasteiger charge is 2.26. The molecule has 1 aromatic carbocycles. The van der Waals surface area contributed by atoms with Crippen LogP contribution < -0.4 is 10.2 Å². The van der Waals surface area contributed by atoms with Gasteiger partial charge in [0, 0.05) is 19.1 Å². The van der Waals surface area contributed by atoms with Crippen LogP contribution in [0.1, 0.15) is 63.9 Å². The highest BCUT2D eigenvalue weighted by Crippen LogP contribution is 2.31. The van der Waals surface area contributed by atoms with Gasteiger partial charge in [0.05, 0.1) is 10.9 Å². The molecule has 0 bridgehead atoms. The van der Waals surface area contributed by atoms with Crippen LogP contribution >= 0.6 is 11.8 Å². The molecule has 1 atom stereocenters. The van der Waals surface area contributed by atoms with Crippen LogP contribution in [0.15, 0.2) is 29.4 Å². The average Bonchev–Trinajstić information content (AvgIpc) is 3.19. The first-order chi connectivity index (χ1) is 14.6. The van der Waals surface area contributed by atoms with Crippen molar-refractivity contribution in [1.29, 1.82) is 0 Å². The van der Waals surface area contributed by atoms with Gasteiger partial charge >= 0.3 is 0 Å². The summed E-state index contributed by atoms with van der Waals surface area (Å²) in [5, 5.41) is 12.9. The summed E-state index contributed by atoms with van der Waals surface area (Å²) in [6, 6.07) is 8.78. The minimum atomic E-state index is -0.213. The number of hydrogen-bond acceptors (Lipinski definition) is 5. The first kappa shape index (κ1) is 21.2. The van der Waals surface area contributed by atoms with Gasteiger partial charge in [-0.2, -0.15) is 0 Å². The van der Waals surface area contributed by atoms with Gasteiger partial charge in [-0.3, -0.25) is 9.36 Å². The second kappa shape index (κ2) is 9.86. The molecule has 2 aromatic rings. The quantitative estimate of drug-likeness (QED) is 0.688. The molecular weight excluding hydrogens is 394 g/mol. The fourth-order valence-electron chi connectivity index (χ4n) is 4.33. The zero-order valence-electron chi connectivity index (χ0n) is 18.1. The number of nitrogens with zero attached hydrogens (tertiary/aromatic N) is 4. The third kappa shape index (κ3) is 4.99. The topological polar surface area (TPSA) is 63.1 Å². The van der Waals surface area contributed by atoms with Crippen molar-refractivity contribution >= 4 is 23.6 Å². The maximum Gasteiger partial charge on any atom is 0.233 e. The highest BCUT2D eigenvalue weighted by molar-refractivity contribution is 8.00. The van der Waals surface area contributed by atoms with Gasteiger partial charge in [-0.25, -0.2) is 0 Å². The molecule has 30 heavy (non-hydrogen) atoms. The molecule has 1 N–H and O–H groups in total. The minimum absolute atomic E-state index is 0.102. The number of nitrogens with one attached hydrogen (secondary N) is 1. The van der Waals surface area contributed by atoms with Crippen LogP contribution in [-0.4, -0.2) is 45.1 Å². The van der Waals surface area contributed by atoms with E-state index < -0.39 is 0 Å². The Labute approximate surface area is 183 Å². The second-order valence-electron chi connectivity index (χ2n) is 8.60. The Morgan fingerprint density at radius 3 is 2.40 bits per heavy atom. The van der Waals surface area contributed by atoms with Crippen molar-refractivity contribution in [1.82, 2.24) is 20.1 Å². The third-order valence-electron chi connectivity index (χ3n) is 6.15. The molecule has 1 unspecified atom stereocenters. The van der Waals surface area contributed by atoms with E-state index in [-0.39, 0.29) is 11.2 Å². The van der Waals surface area contributed by atoms with Gasteiger partial charge in [0.2, 0.25) is 11.9 Å². The van der Waals surface area contributed by atoms with Gasteiger partial charge in [0.15, 0.2) is 5.16 Å². The largest absolute Gasteiger partial charge is 0.352 e. The van der Waals surface area contributed by atoms with Crippen molar-refractivity contribution in [3.05, 3.63) is 29.8 Å². The van der Waals surface area contributed by atoms with Gasteiger partial charge in [-0.15, -0.1) is 10.2 Å². The summed E-state index contributed by atoms with van der Waals surface area (Å²) in [7, 11) is 0.